The SMILES string of the molecule is CC(C)CCOC1(C2=CCCN(C)C2)C=NSN1. The van der Waals surface area contributed by atoms with Crippen LogP contribution in [0.3, 0.4) is 0 Å². The molecular weight excluding hydrogens is 246 g/mol. The predicted molar refractivity (Wildman–Crippen MR) is 77.6 cm³/mol. The number of nitrogens with zero attached hydrogens (tertiary/aromatic N) is 2. The quantitative estimate of drug-likeness (QED) is 0.613. The summed E-state index contributed by atoms with van der Waals surface area (Å²) in [5.74, 6) is 0.663. The molecule has 0 aromatic rings. The lowest BCUT2D eigenvalue weighted by atomic mass is 9.99. The van der Waals surface area contributed by atoms with Gasteiger partial charge in [0, 0.05) is 13.1 Å². The predicted octanol–water partition coefficient (Wildman–Crippen LogP) is 2.24. The first-order valence-electron chi connectivity index (χ1n) is 6.62. The second-order valence-corrected chi connectivity index (χ2v) is 6.05. The van der Waals surface area contributed by atoms with Crippen LogP contribution in [0.15, 0.2) is 16.0 Å². The van der Waals surface area contributed by atoms with E-state index in [1.165, 1.54) is 17.7 Å². The van der Waals surface area contributed by atoms with Gasteiger partial charge in [-0.2, -0.15) is 0 Å². The average Bonchev–Trinajstić information content (AvgIpc) is 2.78. The molecule has 1 N–H and O–H groups in total. The lowest BCUT2D eigenvalue weighted by Crippen LogP contribution is -2.49. The van der Waals surface area contributed by atoms with E-state index in [0.29, 0.717) is 5.92 Å². The summed E-state index contributed by atoms with van der Waals surface area (Å²) in [4.78, 5) is 2.32. The van der Waals surface area contributed by atoms with Crippen molar-refractivity contribution in [1.29, 1.82) is 0 Å². The molecular formula is C13H23N3OS. The maximum Gasteiger partial charge on any atom is 0.189 e. The maximum atomic E-state index is 6.11. The van der Waals surface area contributed by atoms with E-state index >= 15 is 0 Å². The summed E-state index contributed by atoms with van der Waals surface area (Å²) >= 11 is 1.37. The molecule has 0 saturated heterocycles. The van der Waals surface area contributed by atoms with Gasteiger partial charge in [-0.05, 0) is 31.4 Å². The van der Waals surface area contributed by atoms with Crippen molar-refractivity contribution in [3.05, 3.63) is 11.6 Å². The summed E-state index contributed by atoms with van der Waals surface area (Å²) in [5, 5.41) is 0. The van der Waals surface area contributed by atoms with Crippen LogP contribution in [0.2, 0.25) is 0 Å². The second kappa shape index (κ2) is 6.19. The van der Waals surface area contributed by atoms with E-state index < -0.39 is 5.72 Å². The summed E-state index contributed by atoms with van der Waals surface area (Å²) in [6.45, 7) is 7.26. The largest absolute Gasteiger partial charge is 0.350 e. The van der Waals surface area contributed by atoms with Gasteiger partial charge in [0.1, 0.15) is 0 Å². The van der Waals surface area contributed by atoms with Gasteiger partial charge in [0.05, 0.1) is 25.0 Å². The fraction of sp³-hybridized carbons (Fsp3) is 0.769. The Hall–Kier alpha value is -0.360. The second-order valence-electron chi connectivity index (χ2n) is 5.45. The minimum atomic E-state index is -0.478. The van der Waals surface area contributed by atoms with Gasteiger partial charge in [0.2, 0.25) is 0 Å². The van der Waals surface area contributed by atoms with Crippen molar-refractivity contribution in [2.24, 2.45) is 10.3 Å². The molecule has 0 aromatic carbocycles. The number of rotatable bonds is 5. The maximum absolute atomic E-state index is 6.11. The Kier molecular flexibility index (Phi) is 4.84. The summed E-state index contributed by atoms with van der Waals surface area (Å²) in [5.41, 5.74) is 0.808. The highest BCUT2D eigenvalue weighted by atomic mass is 32.2. The Morgan fingerprint density at radius 2 is 2.44 bits per heavy atom. The third kappa shape index (κ3) is 3.35. The fourth-order valence-electron chi connectivity index (χ4n) is 2.15. The summed E-state index contributed by atoms with van der Waals surface area (Å²) in [6, 6.07) is 0. The molecule has 0 spiro atoms. The summed E-state index contributed by atoms with van der Waals surface area (Å²) in [6.07, 6.45) is 6.36. The standard InChI is InChI=1S/C13H23N3OS/c1-11(2)6-8-17-13(10-14-18-15-13)12-5-4-7-16(3)9-12/h5,10-11,15H,4,6-9H2,1-3H3. The van der Waals surface area contributed by atoms with Gasteiger partial charge in [-0.3, -0.25) is 0 Å². The molecule has 2 heterocycles. The van der Waals surface area contributed by atoms with E-state index in [4.69, 9.17) is 4.74 Å². The highest BCUT2D eigenvalue weighted by Gasteiger charge is 2.38. The molecule has 0 bridgehead atoms. The molecule has 1 atom stereocenters. The van der Waals surface area contributed by atoms with Gasteiger partial charge in [0.25, 0.3) is 0 Å². The summed E-state index contributed by atoms with van der Waals surface area (Å²) < 4.78 is 13.7. The Morgan fingerprint density at radius 3 is 3.06 bits per heavy atom. The zero-order valence-electron chi connectivity index (χ0n) is 11.5. The molecule has 5 heteroatoms. The Bertz CT molecular complexity index is 343. The summed E-state index contributed by atoms with van der Waals surface area (Å²) in [7, 11) is 2.15. The van der Waals surface area contributed by atoms with Crippen molar-refractivity contribution in [3.8, 4) is 0 Å². The molecule has 2 rings (SSSR count). The van der Waals surface area contributed by atoms with Crippen molar-refractivity contribution in [1.82, 2.24) is 9.62 Å². The molecule has 1 unspecified atom stereocenters. The first-order valence-corrected chi connectivity index (χ1v) is 7.39. The molecule has 18 heavy (non-hydrogen) atoms. The molecule has 0 saturated carbocycles. The lowest BCUT2D eigenvalue weighted by Gasteiger charge is -2.34. The van der Waals surface area contributed by atoms with Crippen LogP contribution in [-0.4, -0.2) is 43.6 Å². The number of ether oxygens (including phenoxy) is 1. The van der Waals surface area contributed by atoms with Gasteiger partial charge < -0.3 is 9.64 Å². The van der Waals surface area contributed by atoms with E-state index in [9.17, 15) is 0 Å². The van der Waals surface area contributed by atoms with Crippen molar-refractivity contribution in [2.75, 3.05) is 26.7 Å². The zero-order chi connectivity index (χ0) is 13.0. The van der Waals surface area contributed by atoms with Crippen molar-refractivity contribution < 1.29 is 4.74 Å². The molecule has 0 aliphatic carbocycles. The highest BCUT2D eigenvalue weighted by molar-refractivity contribution is 7.96. The van der Waals surface area contributed by atoms with E-state index in [-0.39, 0.29) is 0 Å². The molecule has 0 amide bonds. The molecule has 0 fully saturated rings. The Balaban J connectivity index is 2.02. The smallest absolute Gasteiger partial charge is 0.189 e. The van der Waals surface area contributed by atoms with Gasteiger partial charge in [-0.25, -0.2) is 9.12 Å². The van der Waals surface area contributed by atoms with Crippen LogP contribution >= 0.6 is 12.1 Å². The molecule has 102 valence electrons. The van der Waals surface area contributed by atoms with Gasteiger partial charge in [-0.1, -0.05) is 19.9 Å². The zero-order valence-corrected chi connectivity index (χ0v) is 12.3. The normalized spacial score (nSPS) is 29.0. The first-order chi connectivity index (χ1) is 8.62. The molecule has 0 radical (unpaired) electrons. The monoisotopic (exact) mass is 269 g/mol. The highest BCUT2D eigenvalue weighted by Crippen LogP contribution is 2.28. The number of hydrogen-bond donors (Lipinski definition) is 1. The molecule has 2 aliphatic rings. The van der Waals surface area contributed by atoms with Crippen LogP contribution in [0.25, 0.3) is 0 Å². The molecule has 4 nitrogen and oxygen atoms in total. The number of nitrogens with one attached hydrogen (secondary N) is 1. The minimum absolute atomic E-state index is 0.478. The topological polar surface area (TPSA) is 36.9 Å². The van der Waals surface area contributed by atoms with Crippen LogP contribution in [-0.2, 0) is 4.74 Å². The third-order valence-corrected chi connectivity index (χ3v) is 3.93. The lowest BCUT2D eigenvalue weighted by molar-refractivity contribution is 0.0216. The fourth-order valence-corrected chi connectivity index (χ4v) is 2.78. The van der Waals surface area contributed by atoms with E-state index in [1.54, 1.807) is 0 Å². The van der Waals surface area contributed by atoms with E-state index in [1.807, 2.05) is 6.21 Å². The van der Waals surface area contributed by atoms with Gasteiger partial charge in [-0.15, -0.1) is 0 Å². The average molecular weight is 269 g/mol. The van der Waals surface area contributed by atoms with E-state index in [2.05, 4.69) is 41.0 Å². The minimum Gasteiger partial charge on any atom is -0.350 e. The van der Waals surface area contributed by atoms with Crippen LogP contribution < -0.4 is 4.72 Å². The Morgan fingerprint density at radius 1 is 1.61 bits per heavy atom. The number of hydrogen-bond acceptors (Lipinski definition) is 5. The van der Waals surface area contributed by atoms with Crippen LogP contribution in [0.5, 0.6) is 0 Å². The number of likely N-dealkylation sites (N-methyl/N-ethyl adjacent to an activating group) is 1. The van der Waals surface area contributed by atoms with Crippen molar-refractivity contribution in [2.45, 2.75) is 32.4 Å². The van der Waals surface area contributed by atoms with E-state index in [0.717, 1.165) is 32.5 Å². The van der Waals surface area contributed by atoms with Crippen molar-refractivity contribution in [3.63, 3.8) is 0 Å². The molecule has 2 aliphatic heterocycles. The van der Waals surface area contributed by atoms with Gasteiger partial charge >= 0.3 is 0 Å². The van der Waals surface area contributed by atoms with Crippen molar-refractivity contribution >= 4 is 18.3 Å². The van der Waals surface area contributed by atoms with Gasteiger partial charge in [0.15, 0.2) is 5.72 Å². The Labute approximate surface area is 114 Å². The molecule has 0 aromatic heterocycles. The third-order valence-electron chi connectivity index (χ3n) is 3.33. The van der Waals surface area contributed by atoms with Crippen LogP contribution in [0, 0.1) is 5.92 Å². The van der Waals surface area contributed by atoms with Crippen LogP contribution in [0.4, 0.5) is 0 Å². The van der Waals surface area contributed by atoms with Crippen LogP contribution in [0.1, 0.15) is 26.7 Å². The first kappa shape index (κ1) is 14.1.